The number of ether oxygens (including phenoxy) is 2. The van der Waals surface area contributed by atoms with E-state index in [2.05, 4.69) is 6.07 Å². The van der Waals surface area contributed by atoms with Crippen LogP contribution < -0.4 is 9.47 Å². The van der Waals surface area contributed by atoms with Crippen LogP contribution in [-0.2, 0) is 4.79 Å². The second kappa shape index (κ2) is 3.81. The quantitative estimate of drug-likeness (QED) is 0.728. The molecule has 84 valence electrons. The average Bonchev–Trinajstić information content (AvgIpc) is 3.02. The van der Waals surface area contributed by atoms with Crippen molar-refractivity contribution in [3.05, 3.63) is 23.8 Å². The predicted octanol–water partition coefficient (Wildman–Crippen LogP) is 2.50. The highest BCUT2D eigenvalue weighted by Crippen LogP contribution is 2.49. The Balaban J connectivity index is 1.97. The van der Waals surface area contributed by atoms with Crippen molar-refractivity contribution in [1.29, 1.82) is 0 Å². The van der Waals surface area contributed by atoms with Crippen molar-refractivity contribution in [1.82, 2.24) is 0 Å². The minimum absolute atomic E-state index is 0.296. The third-order valence-electron chi connectivity index (χ3n) is 3.37. The topological polar surface area (TPSA) is 35.5 Å². The number of rotatable bonds is 4. The summed E-state index contributed by atoms with van der Waals surface area (Å²) in [6.45, 7) is 0.296. The van der Waals surface area contributed by atoms with Gasteiger partial charge >= 0.3 is 0 Å². The van der Waals surface area contributed by atoms with E-state index < -0.39 is 0 Å². The van der Waals surface area contributed by atoms with Crippen LogP contribution in [0, 0.1) is 5.92 Å². The molecule has 3 heteroatoms. The predicted molar refractivity (Wildman–Crippen MR) is 58.7 cm³/mol. The van der Waals surface area contributed by atoms with Gasteiger partial charge in [-0.2, -0.15) is 0 Å². The summed E-state index contributed by atoms with van der Waals surface area (Å²) >= 11 is 0. The molecule has 0 radical (unpaired) electrons. The lowest BCUT2D eigenvalue weighted by molar-refractivity contribution is -0.108. The summed E-state index contributed by atoms with van der Waals surface area (Å²) in [5, 5.41) is 0. The highest BCUT2D eigenvalue weighted by Gasteiger charge is 2.35. The largest absolute Gasteiger partial charge is 0.454 e. The maximum absolute atomic E-state index is 10.7. The Kier molecular flexibility index (Phi) is 2.31. The number of fused-ring (bicyclic) bond motifs is 1. The number of carbonyl (C=O) groups excluding carboxylic acids is 1. The van der Waals surface area contributed by atoms with Crippen molar-refractivity contribution in [2.75, 3.05) is 6.79 Å². The van der Waals surface area contributed by atoms with Crippen LogP contribution in [0.4, 0.5) is 0 Å². The Labute approximate surface area is 94.4 Å². The number of hydrogen-bond donors (Lipinski definition) is 0. The summed E-state index contributed by atoms with van der Waals surface area (Å²) in [7, 11) is 0. The van der Waals surface area contributed by atoms with Gasteiger partial charge in [-0.1, -0.05) is 12.1 Å². The highest BCUT2D eigenvalue weighted by molar-refractivity contribution is 5.56. The molecule has 1 fully saturated rings. The van der Waals surface area contributed by atoms with Crippen molar-refractivity contribution in [3.8, 4) is 11.5 Å². The van der Waals surface area contributed by atoms with Gasteiger partial charge in [-0.25, -0.2) is 0 Å². The molecule has 0 N–H and O–H groups in total. The monoisotopic (exact) mass is 218 g/mol. The summed E-state index contributed by atoms with van der Waals surface area (Å²) in [6, 6.07) is 5.94. The van der Waals surface area contributed by atoms with Gasteiger partial charge in [-0.3, -0.25) is 0 Å². The first-order valence-corrected chi connectivity index (χ1v) is 5.72. The Morgan fingerprint density at radius 3 is 3.00 bits per heavy atom. The molecule has 1 unspecified atom stereocenters. The van der Waals surface area contributed by atoms with E-state index >= 15 is 0 Å². The fourth-order valence-electron chi connectivity index (χ4n) is 2.42. The first-order valence-electron chi connectivity index (χ1n) is 5.72. The van der Waals surface area contributed by atoms with Crippen LogP contribution in [-0.4, -0.2) is 13.1 Å². The molecule has 1 aromatic rings. The number of para-hydroxylation sites is 1. The normalized spacial score (nSPS) is 19.5. The first-order chi connectivity index (χ1) is 7.90. The molecule has 0 amide bonds. The zero-order chi connectivity index (χ0) is 11.0. The molecule has 0 bridgehead atoms. The van der Waals surface area contributed by atoms with Gasteiger partial charge in [0.05, 0.1) is 0 Å². The average molecular weight is 218 g/mol. The molecule has 0 aromatic heterocycles. The Morgan fingerprint density at radius 1 is 1.38 bits per heavy atom. The van der Waals surface area contributed by atoms with Gasteiger partial charge in [0.25, 0.3) is 0 Å². The molecule has 0 saturated heterocycles. The van der Waals surface area contributed by atoms with E-state index in [1.807, 2.05) is 12.1 Å². The van der Waals surface area contributed by atoms with Crippen LogP contribution >= 0.6 is 0 Å². The molecule has 1 aliphatic heterocycles. The van der Waals surface area contributed by atoms with Crippen LogP contribution in [0.1, 0.15) is 30.7 Å². The molecule has 3 nitrogen and oxygen atoms in total. The molecule has 3 rings (SSSR count). The standard InChI is InChI=1S/C13H14O3/c14-7-6-10(9-4-5-9)11-2-1-3-12-13(11)16-8-15-12/h1-3,7,9-10H,4-6,8H2. The van der Waals surface area contributed by atoms with E-state index in [4.69, 9.17) is 9.47 Å². The molecular weight excluding hydrogens is 204 g/mol. The van der Waals surface area contributed by atoms with Gasteiger partial charge in [-0.05, 0) is 30.7 Å². The maximum Gasteiger partial charge on any atom is 0.231 e. The maximum atomic E-state index is 10.7. The van der Waals surface area contributed by atoms with E-state index in [0.717, 1.165) is 23.3 Å². The zero-order valence-electron chi connectivity index (χ0n) is 9.02. The van der Waals surface area contributed by atoms with Crippen molar-refractivity contribution in [2.45, 2.75) is 25.2 Å². The van der Waals surface area contributed by atoms with E-state index in [9.17, 15) is 4.79 Å². The summed E-state index contributed by atoms with van der Waals surface area (Å²) in [5.74, 6) is 2.63. The number of benzene rings is 1. The first kappa shape index (κ1) is 9.70. The number of hydrogen-bond acceptors (Lipinski definition) is 3. The third kappa shape index (κ3) is 1.56. The Bertz CT molecular complexity index is 410. The second-order valence-electron chi connectivity index (χ2n) is 4.43. The van der Waals surface area contributed by atoms with Crippen LogP contribution in [0.25, 0.3) is 0 Å². The molecular formula is C13H14O3. The number of aldehydes is 1. The Morgan fingerprint density at radius 2 is 2.25 bits per heavy atom. The molecule has 2 aliphatic rings. The molecule has 1 aromatic carbocycles. The van der Waals surface area contributed by atoms with Gasteiger partial charge in [0.1, 0.15) is 6.29 Å². The second-order valence-corrected chi connectivity index (χ2v) is 4.43. The van der Waals surface area contributed by atoms with Crippen molar-refractivity contribution in [3.63, 3.8) is 0 Å². The molecule has 16 heavy (non-hydrogen) atoms. The van der Waals surface area contributed by atoms with E-state index in [1.54, 1.807) is 0 Å². The summed E-state index contributed by atoms with van der Waals surface area (Å²) in [4.78, 5) is 10.7. The molecule has 1 heterocycles. The van der Waals surface area contributed by atoms with Crippen LogP contribution in [0.5, 0.6) is 11.5 Å². The van der Waals surface area contributed by atoms with Crippen LogP contribution in [0.15, 0.2) is 18.2 Å². The molecule has 1 saturated carbocycles. The molecule has 1 atom stereocenters. The van der Waals surface area contributed by atoms with Crippen molar-refractivity contribution >= 4 is 6.29 Å². The third-order valence-corrected chi connectivity index (χ3v) is 3.37. The van der Waals surface area contributed by atoms with Gasteiger partial charge < -0.3 is 14.3 Å². The molecule has 1 aliphatic carbocycles. The Hall–Kier alpha value is -1.51. The highest BCUT2D eigenvalue weighted by atomic mass is 16.7. The van der Waals surface area contributed by atoms with E-state index in [-0.39, 0.29) is 0 Å². The summed E-state index contributed by atoms with van der Waals surface area (Å²) < 4.78 is 10.9. The fourth-order valence-corrected chi connectivity index (χ4v) is 2.42. The van der Waals surface area contributed by atoms with Gasteiger partial charge in [0.15, 0.2) is 11.5 Å². The van der Waals surface area contributed by atoms with E-state index in [0.29, 0.717) is 25.0 Å². The van der Waals surface area contributed by atoms with E-state index in [1.165, 1.54) is 12.8 Å². The lowest BCUT2D eigenvalue weighted by Gasteiger charge is -2.15. The fraction of sp³-hybridized carbons (Fsp3) is 0.462. The summed E-state index contributed by atoms with van der Waals surface area (Å²) in [6.07, 6.45) is 4.05. The summed E-state index contributed by atoms with van der Waals surface area (Å²) in [5.41, 5.74) is 1.14. The minimum atomic E-state index is 0.296. The number of carbonyl (C=O) groups is 1. The van der Waals surface area contributed by atoms with Crippen molar-refractivity contribution in [2.24, 2.45) is 5.92 Å². The molecule has 0 spiro atoms. The van der Waals surface area contributed by atoms with Gasteiger partial charge in [0, 0.05) is 12.0 Å². The lowest BCUT2D eigenvalue weighted by Crippen LogP contribution is -2.04. The van der Waals surface area contributed by atoms with Gasteiger partial charge in [-0.15, -0.1) is 0 Å². The zero-order valence-corrected chi connectivity index (χ0v) is 9.02. The van der Waals surface area contributed by atoms with Crippen LogP contribution in [0.2, 0.25) is 0 Å². The van der Waals surface area contributed by atoms with Gasteiger partial charge in [0.2, 0.25) is 6.79 Å². The van der Waals surface area contributed by atoms with Crippen molar-refractivity contribution < 1.29 is 14.3 Å². The minimum Gasteiger partial charge on any atom is -0.454 e. The van der Waals surface area contributed by atoms with Crippen LogP contribution in [0.3, 0.4) is 0 Å². The SMILES string of the molecule is O=CCC(c1cccc2c1OCO2)C1CC1. The smallest absolute Gasteiger partial charge is 0.231 e. The lowest BCUT2D eigenvalue weighted by atomic mass is 9.90.